The highest BCUT2D eigenvalue weighted by Crippen LogP contribution is 2.63. The van der Waals surface area contributed by atoms with Crippen LogP contribution < -0.4 is 10.6 Å². The zero-order valence-corrected chi connectivity index (χ0v) is 21.8. The summed E-state index contributed by atoms with van der Waals surface area (Å²) in [5.74, 6) is -2.46. The predicted octanol–water partition coefficient (Wildman–Crippen LogP) is 3.05. The van der Waals surface area contributed by atoms with Gasteiger partial charge in [0.1, 0.15) is 11.6 Å². The quantitative estimate of drug-likeness (QED) is 0.491. The number of amides is 3. The van der Waals surface area contributed by atoms with Crippen LogP contribution in [0.25, 0.3) is 0 Å². The highest BCUT2D eigenvalue weighted by atomic mass is 35.5. The molecule has 3 heterocycles. The second kappa shape index (κ2) is 9.74. The zero-order chi connectivity index (χ0) is 26.4. The van der Waals surface area contributed by atoms with Crippen molar-refractivity contribution in [1.82, 2.24) is 10.2 Å². The normalized spacial score (nSPS) is 29.9. The highest BCUT2D eigenvalue weighted by molar-refractivity contribution is 6.34. The summed E-state index contributed by atoms with van der Waals surface area (Å²) >= 11 is 6.38. The molecule has 2 bridgehead atoms. The van der Waals surface area contributed by atoms with Gasteiger partial charge < -0.3 is 25.4 Å². The van der Waals surface area contributed by atoms with Gasteiger partial charge in [-0.25, -0.2) is 0 Å². The third-order valence-electron chi connectivity index (χ3n) is 8.14. The Balaban J connectivity index is 1.46. The van der Waals surface area contributed by atoms with Crippen LogP contribution in [0.1, 0.15) is 37.3 Å². The summed E-state index contributed by atoms with van der Waals surface area (Å²) in [5, 5.41) is 15.8. The summed E-state index contributed by atoms with van der Waals surface area (Å²) in [5.41, 5.74) is 0.245. The van der Waals surface area contributed by atoms with Crippen molar-refractivity contribution >= 4 is 35.0 Å². The van der Waals surface area contributed by atoms with E-state index >= 15 is 0 Å². The monoisotopic (exact) mass is 525 g/mol. The van der Waals surface area contributed by atoms with Crippen molar-refractivity contribution < 1.29 is 24.2 Å². The summed E-state index contributed by atoms with van der Waals surface area (Å²) < 4.78 is 6.59. The third-order valence-corrected chi connectivity index (χ3v) is 8.46. The molecule has 3 amide bonds. The van der Waals surface area contributed by atoms with Gasteiger partial charge in [0.2, 0.25) is 17.7 Å². The number of nitrogens with one attached hydrogen (secondary N) is 2. The summed E-state index contributed by atoms with van der Waals surface area (Å²) in [6.45, 7) is 4.11. The minimum Gasteiger partial charge on any atom is -0.396 e. The van der Waals surface area contributed by atoms with Crippen molar-refractivity contribution in [1.29, 1.82) is 0 Å². The van der Waals surface area contributed by atoms with E-state index in [2.05, 4.69) is 10.6 Å². The van der Waals surface area contributed by atoms with Crippen LogP contribution in [0, 0.1) is 18.8 Å². The molecule has 3 N–H and O–H groups in total. The number of benzene rings is 2. The van der Waals surface area contributed by atoms with Crippen molar-refractivity contribution in [2.75, 3.05) is 18.5 Å². The fraction of sp³-hybridized carbons (Fsp3) is 0.464. The Bertz CT molecular complexity index is 1200. The number of aliphatic hydroxyl groups excluding tert-OH is 1. The first-order valence-electron chi connectivity index (χ1n) is 12.7. The number of fused-ring (bicyclic) bond motifs is 1. The Labute approximate surface area is 221 Å². The molecule has 2 aromatic rings. The second-order valence-electron chi connectivity index (χ2n) is 10.5. The fourth-order valence-corrected chi connectivity index (χ4v) is 6.75. The van der Waals surface area contributed by atoms with E-state index in [0.29, 0.717) is 36.5 Å². The van der Waals surface area contributed by atoms with Crippen molar-refractivity contribution in [3.63, 3.8) is 0 Å². The highest BCUT2D eigenvalue weighted by Gasteiger charge is 2.77. The molecule has 3 aliphatic heterocycles. The smallest absolute Gasteiger partial charge is 0.250 e. The van der Waals surface area contributed by atoms with Crippen LogP contribution >= 0.6 is 11.6 Å². The van der Waals surface area contributed by atoms with E-state index in [4.69, 9.17) is 16.3 Å². The Morgan fingerprint density at radius 3 is 2.59 bits per heavy atom. The first-order valence-corrected chi connectivity index (χ1v) is 13.1. The van der Waals surface area contributed by atoms with E-state index in [9.17, 15) is 19.5 Å². The third kappa shape index (κ3) is 4.21. The molecule has 37 heavy (non-hydrogen) atoms. The number of aryl methyl sites for hydroxylation is 1. The molecule has 196 valence electrons. The fourth-order valence-electron chi connectivity index (χ4n) is 6.49. The number of hydrogen-bond acceptors (Lipinski definition) is 5. The number of halogens is 1. The molecule has 2 unspecified atom stereocenters. The lowest BCUT2D eigenvalue weighted by Gasteiger charge is -2.33. The first kappa shape index (κ1) is 25.7. The lowest BCUT2D eigenvalue weighted by molar-refractivity contribution is -0.144. The number of hydrogen-bond donors (Lipinski definition) is 3. The van der Waals surface area contributed by atoms with E-state index in [1.165, 1.54) is 4.90 Å². The number of aliphatic hydroxyl groups is 1. The molecule has 1 spiro atoms. The SMILES string of the molecule is Cc1cccc(Cl)c1NC(=O)C1N(CCCO)C(=O)[C@@H]2[C@@H](C(=O)NCc3ccccc3)[C@@]3(C)CCC12O3. The zero-order valence-electron chi connectivity index (χ0n) is 21.0. The van der Waals surface area contributed by atoms with E-state index in [-0.39, 0.29) is 25.0 Å². The maximum absolute atomic E-state index is 13.9. The van der Waals surface area contributed by atoms with Crippen LogP contribution in [0.5, 0.6) is 0 Å². The second-order valence-corrected chi connectivity index (χ2v) is 10.9. The summed E-state index contributed by atoms with van der Waals surface area (Å²) in [4.78, 5) is 42.8. The minimum absolute atomic E-state index is 0.126. The molecule has 3 aliphatic rings. The van der Waals surface area contributed by atoms with Crippen LogP contribution in [0.4, 0.5) is 5.69 Å². The number of anilines is 1. The molecule has 0 aromatic heterocycles. The number of ether oxygens (including phenoxy) is 1. The van der Waals surface area contributed by atoms with Gasteiger partial charge in [-0.1, -0.05) is 54.1 Å². The molecule has 0 radical (unpaired) electrons. The van der Waals surface area contributed by atoms with E-state index in [1.54, 1.807) is 12.1 Å². The average Bonchev–Trinajstić information content (AvgIpc) is 3.44. The van der Waals surface area contributed by atoms with Gasteiger partial charge in [-0.3, -0.25) is 14.4 Å². The Morgan fingerprint density at radius 1 is 1.14 bits per heavy atom. The van der Waals surface area contributed by atoms with Crippen molar-refractivity contribution in [2.24, 2.45) is 11.8 Å². The summed E-state index contributed by atoms with van der Waals surface area (Å²) in [6, 6.07) is 14.0. The van der Waals surface area contributed by atoms with Crippen molar-refractivity contribution in [3.8, 4) is 0 Å². The molecule has 9 heteroatoms. The maximum atomic E-state index is 13.9. The van der Waals surface area contributed by atoms with E-state index in [0.717, 1.165) is 11.1 Å². The van der Waals surface area contributed by atoms with Gasteiger partial charge in [0.15, 0.2) is 0 Å². The molecule has 3 saturated heterocycles. The number of para-hydroxylation sites is 1. The molecule has 3 fully saturated rings. The molecule has 0 saturated carbocycles. The van der Waals surface area contributed by atoms with E-state index in [1.807, 2.05) is 50.2 Å². The van der Waals surface area contributed by atoms with Gasteiger partial charge in [-0.2, -0.15) is 0 Å². The minimum atomic E-state index is -1.13. The molecule has 0 aliphatic carbocycles. The van der Waals surface area contributed by atoms with Crippen LogP contribution in [0.2, 0.25) is 5.02 Å². The van der Waals surface area contributed by atoms with Crippen molar-refractivity contribution in [3.05, 3.63) is 64.7 Å². The van der Waals surface area contributed by atoms with Gasteiger partial charge >= 0.3 is 0 Å². The number of carbonyl (C=O) groups excluding carboxylic acids is 3. The first-order chi connectivity index (χ1) is 17.7. The molecule has 2 aromatic carbocycles. The molecular weight excluding hydrogens is 494 g/mol. The van der Waals surface area contributed by atoms with Gasteiger partial charge in [0, 0.05) is 19.7 Å². The van der Waals surface area contributed by atoms with Crippen LogP contribution in [0.3, 0.4) is 0 Å². The molecule has 5 atom stereocenters. The van der Waals surface area contributed by atoms with Crippen molar-refractivity contribution in [2.45, 2.75) is 56.9 Å². The lowest BCUT2D eigenvalue weighted by atomic mass is 9.66. The number of rotatable bonds is 8. The number of nitrogens with zero attached hydrogens (tertiary/aromatic N) is 1. The Morgan fingerprint density at radius 2 is 1.89 bits per heavy atom. The molecule has 5 rings (SSSR count). The van der Waals surface area contributed by atoms with Gasteiger partial charge in [-0.05, 0) is 50.3 Å². The number of carbonyl (C=O) groups is 3. The Hall–Kier alpha value is -2.94. The lowest BCUT2D eigenvalue weighted by Crippen LogP contribution is -2.53. The molecular formula is C28H32ClN3O5. The topological polar surface area (TPSA) is 108 Å². The van der Waals surface area contributed by atoms with Gasteiger partial charge in [0.05, 0.1) is 28.1 Å². The summed E-state index contributed by atoms with van der Waals surface area (Å²) in [7, 11) is 0. The van der Waals surface area contributed by atoms with Crippen LogP contribution in [-0.2, 0) is 25.7 Å². The maximum Gasteiger partial charge on any atom is 0.250 e. The van der Waals surface area contributed by atoms with Gasteiger partial charge in [0.25, 0.3) is 0 Å². The van der Waals surface area contributed by atoms with E-state index < -0.39 is 35.0 Å². The number of likely N-dealkylation sites (tertiary alicyclic amines) is 1. The van der Waals surface area contributed by atoms with Crippen LogP contribution in [0.15, 0.2) is 48.5 Å². The largest absolute Gasteiger partial charge is 0.396 e. The average molecular weight is 526 g/mol. The van der Waals surface area contributed by atoms with Gasteiger partial charge in [-0.15, -0.1) is 0 Å². The summed E-state index contributed by atoms with van der Waals surface area (Å²) in [6.07, 6.45) is 1.35. The van der Waals surface area contributed by atoms with Crippen LogP contribution in [-0.4, -0.2) is 58.1 Å². The standard InChI is InChI=1S/C28H32ClN3O5/c1-17-8-6-11-19(29)22(17)31-25(35)23-28-13-12-27(2,37-28)20(21(28)26(36)32(23)14-7-15-33)24(34)30-16-18-9-4-3-5-10-18/h3-6,8-11,20-21,23,33H,7,12-16H2,1-2H3,(H,30,34)(H,31,35)/t20-,21-,23?,27+,28?/m0/s1. The Kier molecular flexibility index (Phi) is 6.77. The predicted molar refractivity (Wildman–Crippen MR) is 139 cm³/mol. The molecule has 8 nitrogen and oxygen atoms in total.